The molecule has 0 aliphatic carbocycles. The number of carbonyl (C=O) groups is 1. The molecule has 2 aromatic rings. The van der Waals surface area contributed by atoms with Crippen molar-refractivity contribution in [2.75, 3.05) is 49.1 Å². The van der Waals surface area contributed by atoms with Crippen molar-refractivity contribution < 1.29 is 13.9 Å². The van der Waals surface area contributed by atoms with E-state index in [9.17, 15) is 9.18 Å². The molecule has 1 saturated heterocycles. The van der Waals surface area contributed by atoms with Crippen LogP contribution in [-0.4, -0.2) is 55.2 Å². The van der Waals surface area contributed by atoms with E-state index in [2.05, 4.69) is 9.88 Å². The van der Waals surface area contributed by atoms with Crippen LogP contribution in [0.2, 0.25) is 5.02 Å². The monoisotopic (exact) mass is 418 g/mol. The average Bonchev–Trinajstić information content (AvgIpc) is 2.69. The van der Waals surface area contributed by atoms with Crippen molar-refractivity contribution in [1.82, 2.24) is 9.88 Å². The van der Waals surface area contributed by atoms with E-state index in [-0.39, 0.29) is 11.8 Å². The summed E-state index contributed by atoms with van der Waals surface area (Å²) in [7, 11) is 0. The Morgan fingerprint density at radius 3 is 2.59 bits per heavy atom. The van der Waals surface area contributed by atoms with Gasteiger partial charge in [0.15, 0.2) is 0 Å². The van der Waals surface area contributed by atoms with E-state index in [4.69, 9.17) is 16.3 Å². The van der Waals surface area contributed by atoms with Crippen molar-refractivity contribution in [3.8, 4) is 5.75 Å². The second kappa shape index (κ2) is 8.45. The molecule has 8 heteroatoms. The Morgan fingerprint density at radius 2 is 1.86 bits per heavy atom. The van der Waals surface area contributed by atoms with Crippen molar-refractivity contribution in [3.05, 3.63) is 46.9 Å². The van der Waals surface area contributed by atoms with Gasteiger partial charge in [-0.2, -0.15) is 0 Å². The molecule has 0 bridgehead atoms. The zero-order valence-electron chi connectivity index (χ0n) is 16.4. The first-order valence-electron chi connectivity index (χ1n) is 9.90. The largest absolute Gasteiger partial charge is 0.489 e. The van der Waals surface area contributed by atoms with Gasteiger partial charge in [0.1, 0.15) is 24.0 Å². The fourth-order valence-electron chi connectivity index (χ4n) is 3.82. The van der Waals surface area contributed by atoms with Crippen molar-refractivity contribution in [3.63, 3.8) is 0 Å². The van der Waals surface area contributed by atoms with Crippen LogP contribution in [-0.2, 0) is 0 Å². The Hall–Kier alpha value is -2.54. The molecule has 2 amide bonds. The fourth-order valence-corrected chi connectivity index (χ4v) is 3.98. The smallest absolute Gasteiger partial charge is 0.324 e. The van der Waals surface area contributed by atoms with Gasteiger partial charge in [0.25, 0.3) is 0 Å². The van der Waals surface area contributed by atoms with E-state index in [0.717, 1.165) is 37.4 Å². The summed E-state index contributed by atoms with van der Waals surface area (Å²) < 4.78 is 19.2. The first kappa shape index (κ1) is 19.8. The number of benzene rings is 1. The molecule has 0 radical (unpaired) electrons. The SMILES string of the molecule is Cc1nc(N2CCCN(C(=O)N3CCOc4cc(Cl)ccc43)CCC2)ccc1F. The molecule has 2 aliphatic heterocycles. The number of anilines is 2. The van der Waals surface area contributed by atoms with Gasteiger partial charge >= 0.3 is 6.03 Å². The maximum Gasteiger partial charge on any atom is 0.324 e. The standard InChI is InChI=1S/C21H24ClFN4O2/c1-15-17(23)5-7-20(24-15)25-8-2-10-26(11-3-9-25)21(28)27-12-13-29-19-14-16(22)4-6-18(19)27/h4-7,14H,2-3,8-13H2,1H3. The van der Waals surface area contributed by atoms with E-state index in [0.29, 0.717) is 42.7 Å². The van der Waals surface area contributed by atoms with E-state index in [1.165, 1.54) is 6.07 Å². The molecule has 0 atom stereocenters. The zero-order valence-corrected chi connectivity index (χ0v) is 17.2. The van der Waals surface area contributed by atoms with Crippen LogP contribution in [0.15, 0.2) is 30.3 Å². The first-order valence-corrected chi connectivity index (χ1v) is 10.3. The minimum Gasteiger partial charge on any atom is -0.489 e. The van der Waals surface area contributed by atoms with Gasteiger partial charge in [-0.1, -0.05) is 11.6 Å². The highest BCUT2D eigenvalue weighted by molar-refractivity contribution is 6.30. The highest BCUT2D eigenvalue weighted by atomic mass is 35.5. The van der Waals surface area contributed by atoms with Gasteiger partial charge in [0, 0.05) is 37.3 Å². The Labute approximate surface area is 174 Å². The van der Waals surface area contributed by atoms with E-state index >= 15 is 0 Å². The third-order valence-electron chi connectivity index (χ3n) is 5.33. The lowest BCUT2D eigenvalue weighted by atomic mass is 10.2. The third kappa shape index (κ3) is 4.24. The summed E-state index contributed by atoms with van der Waals surface area (Å²) in [5, 5.41) is 0.592. The molecule has 1 aromatic heterocycles. The van der Waals surface area contributed by atoms with Crippen LogP contribution in [0, 0.1) is 12.7 Å². The molecule has 4 rings (SSSR count). The van der Waals surface area contributed by atoms with Crippen molar-refractivity contribution in [2.45, 2.75) is 19.8 Å². The van der Waals surface area contributed by atoms with Gasteiger partial charge in [-0.25, -0.2) is 14.2 Å². The van der Waals surface area contributed by atoms with Crippen LogP contribution in [0.1, 0.15) is 18.5 Å². The number of amides is 2. The lowest BCUT2D eigenvalue weighted by Crippen LogP contribution is -2.49. The van der Waals surface area contributed by atoms with Gasteiger partial charge in [-0.3, -0.25) is 4.90 Å². The number of halogens is 2. The summed E-state index contributed by atoms with van der Waals surface area (Å²) in [5.74, 6) is 1.15. The van der Waals surface area contributed by atoms with Crippen molar-refractivity contribution >= 4 is 29.1 Å². The Bertz CT molecular complexity index is 900. The van der Waals surface area contributed by atoms with Crippen molar-refractivity contribution in [2.24, 2.45) is 0 Å². The van der Waals surface area contributed by atoms with E-state index < -0.39 is 0 Å². The molecule has 3 heterocycles. The molecule has 29 heavy (non-hydrogen) atoms. The lowest BCUT2D eigenvalue weighted by molar-refractivity contribution is 0.197. The molecule has 1 aromatic carbocycles. The summed E-state index contributed by atoms with van der Waals surface area (Å²) in [6, 6.07) is 8.55. The number of aromatic nitrogens is 1. The molecule has 0 spiro atoms. The predicted molar refractivity (Wildman–Crippen MR) is 112 cm³/mol. The van der Waals surface area contributed by atoms with Gasteiger partial charge in [0.2, 0.25) is 0 Å². The Morgan fingerprint density at radius 1 is 1.10 bits per heavy atom. The first-order chi connectivity index (χ1) is 14.0. The number of carbonyl (C=O) groups excluding carboxylic acids is 1. The number of hydrogen-bond acceptors (Lipinski definition) is 4. The van der Waals surface area contributed by atoms with Gasteiger partial charge in [0.05, 0.1) is 17.9 Å². The maximum atomic E-state index is 13.5. The Kier molecular flexibility index (Phi) is 5.76. The minimum atomic E-state index is -0.287. The molecule has 1 fully saturated rings. The number of hydrogen-bond donors (Lipinski definition) is 0. The van der Waals surface area contributed by atoms with Crippen LogP contribution >= 0.6 is 11.6 Å². The van der Waals surface area contributed by atoms with Gasteiger partial charge in [-0.05, 0) is 44.0 Å². The van der Waals surface area contributed by atoms with E-state index in [1.54, 1.807) is 30.0 Å². The minimum absolute atomic E-state index is 0.000995. The van der Waals surface area contributed by atoms with Gasteiger partial charge in [-0.15, -0.1) is 0 Å². The number of pyridine rings is 1. The summed E-state index contributed by atoms with van der Waals surface area (Å²) in [6.45, 7) is 5.53. The predicted octanol–water partition coefficient (Wildman–Crippen LogP) is 4.10. The summed E-state index contributed by atoms with van der Waals surface area (Å²) in [5.41, 5.74) is 1.17. The normalized spacial score (nSPS) is 17.3. The molecule has 2 aliphatic rings. The highest BCUT2D eigenvalue weighted by Gasteiger charge is 2.28. The molecule has 0 unspecified atom stereocenters. The number of aryl methyl sites for hydroxylation is 1. The molecular formula is C21H24ClFN4O2. The van der Waals surface area contributed by atoms with Gasteiger partial charge < -0.3 is 14.5 Å². The highest BCUT2D eigenvalue weighted by Crippen LogP contribution is 2.34. The van der Waals surface area contributed by atoms with Crippen molar-refractivity contribution in [1.29, 1.82) is 0 Å². The van der Waals surface area contributed by atoms with E-state index in [1.807, 2.05) is 11.0 Å². The zero-order chi connectivity index (χ0) is 20.4. The quantitative estimate of drug-likeness (QED) is 0.699. The number of urea groups is 1. The number of nitrogens with zero attached hydrogens (tertiary/aromatic N) is 4. The van der Waals surface area contributed by atoms with Crippen LogP contribution < -0.4 is 14.5 Å². The average molecular weight is 419 g/mol. The summed E-state index contributed by atoms with van der Waals surface area (Å²) in [4.78, 5) is 23.4. The molecule has 6 nitrogen and oxygen atoms in total. The second-order valence-electron chi connectivity index (χ2n) is 7.31. The molecule has 154 valence electrons. The topological polar surface area (TPSA) is 48.9 Å². The van der Waals surface area contributed by atoms with Crippen LogP contribution in [0.3, 0.4) is 0 Å². The second-order valence-corrected chi connectivity index (χ2v) is 7.75. The Balaban J connectivity index is 1.42. The number of fused-ring (bicyclic) bond motifs is 1. The molecule has 0 saturated carbocycles. The fraction of sp³-hybridized carbons (Fsp3) is 0.429. The third-order valence-corrected chi connectivity index (χ3v) is 5.56. The van der Waals surface area contributed by atoms with Crippen LogP contribution in [0.5, 0.6) is 5.75 Å². The molecular weight excluding hydrogens is 395 g/mol. The molecule has 0 N–H and O–H groups in total. The van der Waals surface area contributed by atoms with Crippen LogP contribution in [0.25, 0.3) is 0 Å². The maximum absolute atomic E-state index is 13.5. The van der Waals surface area contributed by atoms with Crippen LogP contribution in [0.4, 0.5) is 20.7 Å². The summed E-state index contributed by atoms with van der Waals surface area (Å²) in [6.07, 6.45) is 1.64. The lowest BCUT2D eigenvalue weighted by Gasteiger charge is -2.36. The summed E-state index contributed by atoms with van der Waals surface area (Å²) >= 11 is 6.05. The number of rotatable bonds is 1. The number of ether oxygens (including phenoxy) is 1.